The molecule has 2 heterocycles. The summed E-state index contributed by atoms with van der Waals surface area (Å²) >= 11 is 0. The minimum Gasteiger partial charge on any atom is -0.478 e. The fourth-order valence-corrected chi connectivity index (χ4v) is 2.84. The zero-order valence-corrected chi connectivity index (χ0v) is 11.7. The van der Waals surface area contributed by atoms with Gasteiger partial charge in [0.2, 0.25) is 0 Å². The smallest absolute Gasteiger partial charge is 0.419 e. The van der Waals surface area contributed by atoms with Gasteiger partial charge in [0.05, 0.1) is 11.1 Å². The summed E-state index contributed by atoms with van der Waals surface area (Å²) in [6, 6.07) is 4.54. The molecule has 21 heavy (non-hydrogen) atoms. The fourth-order valence-electron chi connectivity index (χ4n) is 2.84. The van der Waals surface area contributed by atoms with E-state index in [1.807, 2.05) is 0 Å². The Morgan fingerprint density at radius 3 is 2.67 bits per heavy atom. The lowest BCUT2D eigenvalue weighted by Gasteiger charge is -2.26. The molecule has 0 spiro atoms. The summed E-state index contributed by atoms with van der Waals surface area (Å²) in [5, 5.41) is 8.96. The molecule has 0 aliphatic carbocycles. The number of hydrogen-bond acceptors (Lipinski definition) is 4. The van der Waals surface area contributed by atoms with Gasteiger partial charge >= 0.3 is 11.7 Å². The monoisotopic (exact) mass is 290 g/mol. The van der Waals surface area contributed by atoms with E-state index < -0.39 is 11.7 Å². The molecule has 1 fully saturated rings. The maximum Gasteiger partial charge on any atom is 0.419 e. The Kier molecular flexibility index (Phi) is 3.79. The predicted octanol–water partition coefficient (Wildman–Crippen LogP) is 1.78. The van der Waals surface area contributed by atoms with E-state index in [4.69, 9.17) is 9.52 Å². The Hall–Kier alpha value is -2.08. The van der Waals surface area contributed by atoms with Gasteiger partial charge in [0.25, 0.3) is 0 Å². The molecule has 0 atom stereocenters. The topological polar surface area (TPSA) is 75.7 Å². The van der Waals surface area contributed by atoms with Crippen LogP contribution in [-0.4, -0.2) is 40.2 Å². The second kappa shape index (κ2) is 5.73. The zero-order valence-electron chi connectivity index (χ0n) is 11.7. The van der Waals surface area contributed by atoms with Crippen LogP contribution in [-0.2, 0) is 6.54 Å². The molecule has 1 aliphatic rings. The Morgan fingerprint density at radius 1 is 1.19 bits per heavy atom. The average Bonchev–Trinajstić information content (AvgIpc) is 2.80. The van der Waals surface area contributed by atoms with E-state index in [-0.39, 0.29) is 5.56 Å². The quantitative estimate of drug-likeness (QED) is 0.929. The molecule has 6 nitrogen and oxygen atoms in total. The third-order valence-corrected chi connectivity index (χ3v) is 4.00. The molecule has 1 aliphatic heterocycles. The first kappa shape index (κ1) is 13.9. The number of aromatic carboxylic acids is 1. The summed E-state index contributed by atoms with van der Waals surface area (Å²) in [6.45, 7) is 3.54. The number of carboxylic acid groups (broad SMARTS) is 1. The number of oxazole rings is 1. The average molecular weight is 290 g/mol. The molecular weight excluding hydrogens is 272 g/mol. The summed E-state index contributed by atoms with van der Waals surface area (Å²) in [4.78, 5) is 25.2. The third kappa shape index (κ3) is 2.85. The highest BCUT2D eigenvalue weighted by molar-refractivity contribution is 5.91. The fraction of sp³-hybridized carbons (Fsp3) is 0.467. The van der Waals surface area contributed by atoms with Crippen LogP contribution in [0.1, 0.15) is 29.6 Å². The second-order valence-electron chi connectivity index (χ2n) is 5.41. The number of aromatic nitrogens is 1. The van der Waals surface area contributed by atoms with E-state index in [9.17, 15) is 9.59 Å². The highest BCUT2D eigenvalue weighted by Crippen LogP contribution is 2.16. The first-order valence-electron chi connectivity index (χ1n) is 7.24. The first-order chi connectivity index (χ1) is 10.1. The lowest BCUT2D eigenvalue weighted by Crippen LogP contribution is -2.33. The van der Waals surface area contributed by atoms with Gasteiger partial charge in [0.15, 0.2) is 5.58 Å². The number of carbonyl (C=O) groups is 1. The van der Waals surface area contributed by atoms with Crippen molar-refractivity contribution in [2.75, 3.05) is 19.6 Å². The molecule has 1 N–H and O–H groups in total. The van der Waals surface area contributed by atoms with Gasteiger partial charge in [0.1, 0.15) is 0 Å². The Bertz CT molecular complexity index is 710. The van der Waals surface area contributed by atoms with Crippen LogP contribution in [0.4, 0.5) is 0 Å². The minimum atomic E-state index is -1.03. The Morgan fingerprint density at radius 2 is 1.95 bits per heavy atom. The van der Waals surface area contributed by atoms with Crippen LogP contribution in [0.2, 0.25) is 0 Å². The molecule has 112 valence electrons. The van der Waals surface area contributed by atoms with Crippen LogP contribution in [0.5, 0.6) is 0 Å². The molecule has 0 saturated carbocycles. The lowest BCUT2D eigenvalue weighted by molar-refractivity contribution is 0.0697. The van der Waals surface area contributed by atoms with Crippen LogP contribution < -0.4 is 5.76 Å². The van der Waals surface area contributed by atoms with Crippen molar-refractivity contribution < 1.29 is 14.3 Å². The lowest BCUT2D eigenvalue weighted by atomic mass is 10.1. The van der Waals surface area contributed by atoms with Gasteiger partial charge in [-0.1, -0.05) is 6.42 Å². The molecule has 0 radical (unpaired) electrons. The van der Waals surface area contributed by atoms with E-state index in [0.29, 0.717) is 17.6 Å². The number of piperidine rings is 1. The number of benzene rings is 1. The summed E-state index contributed by atoms with van der Waals surface area (Å²) in [5.41, 5.74) is 1.11. The first-order valence-corrected chi connectivity index (χ1v) is 7.24. The van der Waals surface area contributed by atoms with Crippen molar-refractivity contribution in [1.29, 1.82) is 0 Å². The molecule has 6 heteroatoms. The molecule has 0 bridgehead atoms. The number of nitrogens with zero attached hydrogens (tertiary/aromatic N) is 2. The second-order valence-corrected chi connectivity index (χ2v) is 5.41. The maximum absolute atomic E-state index is 11.9. The zero-order chi connectivity index (χ0) is 14.8. The SMILES string of the molecule is O=C(O)c1ccc2c(c1)oc(=O)n2CCN1CCCCC1. The standard InChI is InChI=1S/C15H18N2O4/c18-14(19)11-4-5-12-13(10-11)21-15(20)17(12)9-8-16-6-2-1-3-7-16/h4-5,10H,1-3,6-9H2,(H,18,19). The van der Waals surface area contributed by atoms with Crippen LogP contribution in [0.25, 0.3) is 11.1 Å². The molecule has 0 unspecified atom stereocenters. The van der Waals surface area contributed by atoms with Crippen molar-refractivity contribution >= 4 is 17.1 Å². The van der Waals surface area contributed by atoms with Crippen molar-refractivity contribution in [1.82, 2.24) is 9.47 Å². The van der Waals surface area contributed by atoms with Gasteiger partial charge in [-0.3, -0.25) is 4.57 Å². The number of carboxylic acids is 1. The van der Waals surface area contributed by atoms with E-state index in [1.165, 1.54) is 31.4 Å². The van der Waals surface area contributed by atoms with Gasteiger partial charge in [-0.25, -0.2) is 9.59 Å². The van der Waals surface area contributed by atoms with Crippen molar-refractivity contribution in [2.24, 2.45) is 0 Å². The Balaban J connectivity index is 1.82. The molecule has 1 aromatic carbocycles. The molecule has 0 amide bonds. The number of likely N-dealkylation sites (tertiary alicyclic amines) is 1. The maximum atomic E-state index is 11.9. The van der Waals surface area contributed by atoms with Crippen molar-refractivity contribution in [2.45, 2.75) is 25.8 Å². The number of hydrogen-bond donors (Lipinski definition) is 1. The van der Waals surface area contributed by atoms with E-state index in [0.717, 1.165) is 19.6 Å². The van der Waals surface area contributed by atoms with Crippen molar-refractivity contribution in [3.8, 4) is 0 Å². The van der Waals surface area contributed by atoms with E-state index in [2.05, 4.69) is 4.90 Å². The normalized spacial score (nSPS) is 16.4. The predicted molar refractivity (Wildman–Crippen MR) is 77.7 cm³/mol. The highest BCUT2D eigenvalue weighted by atomic mass is 16.4. The molecule has 1 aromatic heterocycles. The van der Waals surface area contributed by atoms with Gasteiger partial charge in [-0.2, -0.15) is 0 Å². The largest absolute Gasteiger partial charge is 0.478 e. The summed E-state index contributed by atoms with van der Waals surface area (Å²) in [7, 11) is 0. The summed E-state index contributed by atoms with van der Waals surface area (Å²) in [5.74, 6) is -1.45. The summed E-state index contributed by atoms with van der Waals surface area (Å²) in [6.07, 6.45) is 3.70. The third-order valence-electron chi connectivity index (χ3n) is 4.00. The van der Waals surface area contributed by atoms with Crippen molar-refractivity contribution in [3.05, 3.63) is 34.3 Å². The van der Waals surface area contributed by atoms with Crippen LogP contribution in [0.15, 0.2) is 27.4 Å². The van der Waals surface area contributed by atoms with Gasteiger partial charge in [0, 0.05) is 13.1 Å². The van der Waals surface area contributed by atoms with Gasteiger partial charge < -0.3 is 14.4 Å². The summed E-state index contributed by atoms with van der Waals surface area (Å²) < 4.78 is 6.73. The molecule has 1 saturated heterocycles. The molecule has 2 aromatic rings. The van der Waals surface area contributed by atoms with E-state index >= 15 is 0 Å². The van der Waals surface area contributed by atoms with Crippen LogP contribution in [0, 0.1) is 0 Å². The molecular formula is C15H18N2O4. The van der Waals surface area contributed by atoms with Gasteiger partial charge in [-0.15, -0.1) is 0 Å². The highest BCUT2D eigenvalue weighted by Gasteiger charge is 2.14. The van der Waals surface area contributed by atoms with Crippen LogP contribution >= 0.6 is 0 Å². The van der Waals surface area contributed by atoms with Crippen LogP contribution in [0.3, 0.4) is 0 Å². The van der Waals surface area contributed by atoms with Crippen molar-refractivity contribution in [3.63, 3.8) is 0 Å². The number of fused-ring (bicyclic) bond motifs is 1. The minimum absolute atomic E-state index is 0.124. The molecule has 3 rings (SSSR count). The Labute approximate surface area is 121 Å². The number of rotatable bonds is 4. The van der Waals surface area contributed by atoms with E-state index in [1.54, 1.807) is 10.6 Å². The van der Waals surface area contributed by atoms with Gasteiger partial charge in [-0.05, 0) is 44.1 Å².